The quantitative estimate of drug-likeness (QED) is 0.604. The molecule has 0 atom stereocenters. The van der Waals surface area contributed by atoms with Gasteiger partial charge < -0.3 is 9.15 Å². The molecule has 128 valence electrons. The third-order valence-electron chi connectivity index (χ3n) is 4.90. The second-order valence-corrected chi connectivity index (χ2v) is 6.51. The van der Waals surface area contributed by atoms with Crippen LogP contribution in [-0.2, 0) is 4.74 Å². The molecule has 1 saturated carbocycles. The number of para-hydroxylation sites is 1. The van der Waals surface area contributed by atoms with E-state index in [2.05, 4.69) is 0 Å². The predicted molar refractivity (Wildman–Crippen MR) is 93.6 cm³/mol. The van der Waals surface area contributed by atoms with Crippen LogP contribution in [-0.4, -0.2) is 12.6 Å². The van der Waals surface area contributed by atoms with Crippen molar-refractivity contribution >= 4 is 16.9 Å². The largest absolute Gasteiger partial charge is 0.462 e. The number of esters is 1. The predicted octanol–water partition coefficient (Wildman–Crippen LogP) is 4.72. The average Bonchev–Trinajstić information content (AvgIpc) is 2.87. The maximum absolute atomic E-state index is 12.8. The first-order valence-corrected chi connectivity index (χ1v) is 8.87. The fourth-order valence-electron chi connectivity index (χ4n) is 3.63. The number of carbonyl (C=O) groups is 1. The molecular formula is C20H24O4. The Morgan fingerprint density at radius 3 is 2.58 bits per heavy atom. The summed E-state index contributed by atoms with van der Waals surface area (Å²) in [4.78, 5) is 25.0. The molecule has 3 rings (SSSR count). The fraction of sp³-hybridized carbons (Fsp3) is 0.500. The summed E-state index contributed by atoms with van der Waals surface area (Å²) in [5.74, 6) is 0.577. The summed E-state index contributed by atoms with van der Waals surface area (Å²) in [5.41, 5.74) is 1.34. The Kier molecular flexibility index (Phi) is 5.03. The highest BCUT2D eigenvalue weighted by Crippen LogP contribution is 2.34. The Bertz CT molecular complexity index is 795. The number of rotatable bonds is 3. The van der Waals surface area contributed by atoms with Gasteiger partial charge >= 0.3 is 5.97 Å². The van der Waals surface area contributed by atoms with Gasteiger partial charge in [0.15, 0.2) is 11.0 Å². The number of benzene rings is 1. The Hall–Kier alpha value is -2.10. The van der Waals surface area contributed by atoms with Crippen LogP contribution in [0.25, 0.3) is 11.0 Å². The van der Waals surface area contributed by atoms with Crippen LogP contribution in [0.2, 0.25) is 0 Å². The van der Waals surface area contributed by atoms with Crippen LogP contribution in [0.1, 0.15) is 73.0 Å². The maximum Gasteiger partial charge on any atom is 0.341 e. The molecule has 0 amide bonds. The van der Waals surface area contributed by atoms with Crippen LogP contribution in [0.5, 0.6) is 0 Å². The van der Waals surface area contributed by atoms with E-state index in [1.807, 2.05) is 6.92 Å². The molecule has 0 unspecified atom stereocenters. The molecule has 0 N–H and O–H groups in total. The van der Waals surface area contributed by atoms with Gasteiger partial charge in [-0.25, -0.2) is 4.79 Å². The highest BCUT2D eigenvalue weighted by atomic mass is 16.5. The van der Waals surface area contributed by atoms with Gasteiger partial charge in [-0.2, -0.15) is 0 Å². The van der Waals surface area contributed by atoms with Crippen molar-refractivity contribution in [2.45, 2.75) is 58.3 Å². The van der Waals surface area contributed by atoms with Crippen LogP contribution in [0.4, 0.5) is 0 Å². The smallest absolute Gasteiger partial charge is 0.341 e. The lowest BCUT2D eigenvalue weighted by atomic mass is 9.93. The lowest BCUT2D eigenvalue weighted by molar-refractivity contribution is 0.0527. The van der Waals surface area contributed by atoms with Gasteiger partial charge in [0.1, 0.15) is 11.3 Å². The van der Waals surface area contributed by atoms with Crippen molar-refractivity contribution in [3.05, 3.63) is 45.3 Å². The first kappa shape index (κ1) is 16.7. The maximum atomic E-state index is 12.8. The highest BCUT2D eigenvalue weighted by molar-refractivity contribution is 6.01. The number of carbonyl (C=O) groups excluding carboxylic acids is 1. The summed E-state index contributed by atoms with van der Waals surface area (Å²) in [6.07, 6.45) is 6.87. The van der Waals surface area contributed by atoms with Gasteiger partial charge in [-0.3, -0.25) is 4.79 Å². The summed E-state index contributed by atoms with van der Waals surface area (Å²) in [6, 6.07) is 5.08. The molecule has 1 fully saturated rings. The van der Waals surface area contributed by atoms with Crippen molar-refractivity contribution in [2.75, 3.05) is 6.61 Å². The second kappa shape index (κ2) is 7.20. The summed E-state index contributed by atoms with van der Waals surface area (Å²) in [5, 5.41) is 0.454. The molecule has 4 nitrogen and oxygen atoms in total. The SMILES string of the molecule is CCOC(=O)c1cccc2c(=O)c(C)c(C3CCCCCC3)oc12. The minimum atomic E-state index is -0.443. The van der Waals surface area contributed by atoms with E-state index >= 15 is 0 Å². The van der Waals surface area contributed by atoms with E-state index in [0.717, 1.165) is 31.4 Å². The Labute approximate surface area is 141 Å². The van der Waals surface area contributed by atoms with Crippen molar-refractivity contribution in [3.8, 4) is 0 Å². The molecule has 1 aromatic carbocycles. The zero-order valence-corrected chi connectivity index (χ0v) is 14.4. The molecule has 0 radical (unpaired) electrons. The molecule has 24 heavy (non-hydrogen) atoms. The first-order valence-electron chi connectivity index (χ1n) is 8.87. The Balaban J connectivity index is 2.17. The number of fused-ring (bicyclic) bond motifs is 1. The molecule has 1 aromatic heterocycles. The zero-order valence-electron chi connectivity index (χ0n) is 14.4. The second-order valence-electron chi connectivity index (χ2n) is 6.51. The first-order chi connectivity index (χ1) is 11.6. The van der Waals surface area contributed by atoms with E-state index in [0.29, 0.717) is 28.7 Å². The number of hydrogen-bond acceptors (Lipinski definition) is 4. The summed E-state index contributed by atoms with van der Waals surface area (Å²) < 4.78 is 11.3. The molecule has 2 aromatic rings. The third-order valence-corrected chi connectivity index (χ3v) is 4.90. The van der Waals surface area contributed by atoms with Crippen LogP contribution in [0, 0.1) is 6.92 Å². The monoisotopic (exact) mass is 328 g/mol. The normalized spacial score (nSPS) is 16.1. The van der Waals surface area contributed by atoms with Crippen LogP contribution >= 0.6 is 0 Å². The fourth-order valence-corrected chi connectivity index (χ4v) is 3.63. The van der Waals surface area contributed by atoms with E-state index in [4.69, 9.17) is 9.15 Å². The van der Waals surface area contributed by atoms with Crippen molar-refractivity contribution in [2.24, 2.45) is 0 Å². The van der Waals surface area contributed by atoms with Crippen LogP contribution in [0.15, 0.2) is 27.4 Å². The summed E-state index contributed by atoms with van der Waals surface area (Å²) in [7, 11) is 0. The molecule has 4 heteroatoms. The Morgan fingerprint density at radius 2 is 1.92 bits per heavy atom. The van der Waals surface area contributed by atoms with Crippen molar-refractivity contribution in [1.29, 1.82) is 0 Å². The minimum Gasteiger partial charge on any atom is -0.462 e. The number of hydrogen-bond donors (Lipinski definition) is 0. The average molecular weight is 328 g/mol. The van der Waals surface area contributed by atoms with Gasteiger partial charge in [0.2, 0.25) is 0 Å². The molecule has 1 heterocycles. The lowest BCUT2D eigenvalue weighted by Crippen LogP contribution is -2.14. The third kappa shape index (κ3) is 3.10. The van der Waals surface area contributed by atoms with Gasteiger partial charge in [0, 0.05) is 11.5 Å². The molecule has 1 aliphatic carbocycles. The van der Waals surface area contributed by atoms with E-state index < -0.39 is 5.97 Å². The zero-order chi connectivity index (χ0) is 17.1. The van der Waals surface area contributed by atoms with Crippen molar-refractivity contribution < 1.29 is 13.9 Å². The number of ether oxygens (including phenoxy) is 1. The summed E-state index contributed by atoms with van der Waals surface area (Å²) >= 11 is 0. The minimum absolute atomic E-state index is 0.0401. The van der Waals surface area contributed by atoms with E-state index in [1.165, 1.54) is 12.8 Å². The van der Waals surface area contributed by atoms with Crippen LogP contribution in [0.3, 0.4) is 0 Å². The van der Waals surface area contributed by atoms with Gasteiger partial charge in [0.25, 0.3) is 0 Å². The van der Waals surface area contributed by atoms with Crippen molar-refractivity contribution in [3.63, 3.8) is 0 Å². The molecule has 1 aliphatic rings. The Morgan fingerprint density at radius 1 is 1.21 bits per heavy atom. The van der Waals surface area contributed by atoms with Crippen LogP contribution < -0.4 is 5.43 Å². The molecule has 0 spiro atoms. The molecule has 0 bridgehead atoms. The molecule has 0 aliphatic heterocycles. The van der Waals surface area contributed by atoms with Gasteiger partial charge in [-0.05, 0) is 38.8 Å². The van der Waals surface area contributed by atoms with Gasteiger partial charge in [-0.15, -0.1) is 0 Å². The highest BCUT2D eigenvalue weighted by Gasteiger charge is 2.23. The van der Waals surface area contributed by atoms with E-state index in [-0.39, 0.29) is 11.3 Å². The van der Waals surface area contributed by atoms with E-state index in [9.17, 15) is 9.59 Å². The molecular weight excluding hydrogens is 304 g/mol. The molecule has 0 saturated heterocycles. The van der Waals surface area contributed by atoms with Crippen molar-refractivity contribution in [1.82, 2.24) is 0 Å². The summed E-state index contributed by atoms with van der Waals surface area (Å²) in [6.45, 7) is 3.89. The lowest BCUT2D eigenvalue weighted by Gasteiger charge is -2.17. The van der Waals surface area contributed by atoms with E-state index in [1.54, 1.807) is 25.1 Å². The van der Waals surface area contributed by atoms with Gasteiger partial charge in [0.05, 0.1) is 12.0 Å². The topological polar surface area (TPSA) is 56.5 Å². The standard InChI is InChI=1S/C20H24O4/c1-3-23-20(22)16-12-8-11-15-17(21)13(2)18(24-19(15)16)14-9-6-4-5-7-10-14/h8,11-12,14H,3-7,9-10H2,1-2H3. The van der Waals surface area contributed by atoms with Gasteiger partial charge in [-0.1, -0.05) is 31.7 Å².